The first-order chi connectivity index (χ1) is 9.28. The molecule has 19 heavy (non-hydrogen) atoms. The first-order valence-electron chi connectivity index (χ1n) is 5.91. The van der Waals surface area contributed by atoms with E-state index < -0.39 is 0 Å². The molecule has 0 aliphatic carbocycles. The number of hydrogen-bond donors (Lipinski definition) is 3. The molecule has 1 heterocycles. The minimum atomic E-state index is 0.175. The van der Waals surface area contributed by atoms with Crippen molar-refractivity contribution in [2.75, 3.05) is 24.9 Å². The molecule has 0 aliphatic heterocycles. The Morgan fingerprint density at radius 2 is 2.26 bits per heavy atom. The smallest absolute Gasteiger partial charge is 0.144 e. The van der Waals surface area contributed by atoms with Gasteiger partial charge in [0.05, 0.1) is 19.2 Å². The molecule has 0 atom stereocenters. The van der Waals surface area contributed by atoms with Crippen LogP contribution in [0.1, 0.15) is 5.56 Å². The number of rotatable bonds is 6. The zero-order chi connectivity index (χ0) is 13.7. The Hall–Kier alpha value is -1.50. The van der Waals surface area contributed by atoms with Crippen molar-refractivity contribution < 1.29 is 9.84 Å². The van der Waals surface area contributed by atoms with Crippen molar-refractivity contribution in [2.45, 2.75) is 5.75 Å². The molecule has 102 valence electrons. The number of anilines is 1. The molecule has 6 heteroatoms. The highest BCUT2D eigenvalue weighted by atomic mass is 32.2. The van der Waals surface area contributed by atoms with E-state index in [1.54, 1.807) is 18.9 Å². The lowest BCUT2D eigenvalue weighted by molar-refractivity contribution is 0.322. The maximum absolute atomic E-state index is 8.81. The van der Waals surface area contributed by atoms with Crippen LogP contribution in [0.2, 0.25) is 0 Å². The van der Waals surface area contributed by atoms with Gasteiger partial charge in [-0.2, -0.15) is 11.8 Å². The molecule has 1 aromatic heterocycles. The summed E-state index contributed by atoms with van der Waals surface area (Å²) in [7, 11) is 1.63. The highest BCUT2D eigenvalue weighted by Crippen LogP contribution is 2.26. The van der Waals surface area contributed by atoms with Crippen LogP contribution in [0.15, 0.2) is 24.3 Å². The van der Waals surface area contributed by atoms with Crippen molar-refractivity contribution in [3.8, 4) is 5.75 Å². The number of aliphatic hydroxyl groups is 1. The number of nitrogens with zero attached hydrogens (tertiary/aromatic N) is 1. The minimum Gasteiger partial charge on any atom is -0.497 e. The molecule has 1 aromatic carbocycles. The first-order valence-corrected chi connectivity index (χ1v) is 7.07. The molecule has 0 saturated carbocycles. The second-order valence-corrected chi connectivity index (χ2v) is 5.08. The van der Waals surface area contributed by atoms with Gasteiger partial charge in [0, 0.05) is 28.5 Å². The predicted molar refractivity (Wildman–Crippen MR) is 79.4 cm³/mol. The Labute approximate surface area is 116 Å². The van der Waals surface area contributed by atoms with Crippen LogP contribution >= 0.6 is 11.8 Å². The highest BCUT2D eigenvalue weighted by Gasteiger charge is 2.07. The van der Waals surface area contributed by atoms with E-state index in [4.69, 9.17) is 15.7 Å². The monoisotopic (exact) mass is 279 g/mol. The predicted octanol–water partition coefficient (Wildman–Crippen LogP) is 1.75. The number of hydrogen-bond acceptors (Lipinski definition) is 6. The third-order valence-electron chi connectivity index (χ3n) is 2.73. The Bertz CT molecular complexity index is 563. The summed E-state index contributed by atoms with van der Waals surface area (Å²) < 4.78 is 5.18. The van der Waals surface area contributed by atoms with Crippen molar-refractivity contribution >= 4 is 28.5 Å². The van der Waals surface area contributed by atoms with Crippen molar-refractivity contribution in [2.24, 2.45) is 5.84 Å². The summed E-state index contributed by atoms with van der Waals surface area (Å²) in [6.07, 6.45) is 0. The number of hydrazine groups is 1. The average molecular weight is 279 g/mol. The molecule has 0 bridgehead atoms. The number of pyridine rings is 1. The fourth-order valence-corrected chi connectivity index (χ4v) is 2.51. The van der Waals surface area contributed by atoms with Crippen LogP contribution in [0.5, 0.6) is 5.75 Å². The van der Waals surface area contributed by atoms with Gasteiger partial charge in [-0.3, -0.25) is 0 Å². The SMILES string of the molecule is COc1ccc2cc(CSCCO)c(NN)nc2c1. The van der Waals surface area contributed by atoms with Gasteiger partial charge in [-0.1, -0.05) is 0 Å². The third kappa shape index (κ3) is 3.28. The van der Waals surface area contributed by atoms with Gasteiger partial charge in [-0.25, -0.2) is 10.8 Å². The molecule has 0 fully saturated rings. The topological polar surface area (TPSA) is 80.4 Å². The number of ether oxygens (including phenoxy) is 1. The summed E-state index contributed by atoms with van der Waals surface area (Å²) in [4.78, 5) is 4.49. The lowest BCUT2D eigenvalue weighted by atomic mass is 10.1. The van der Waals surface area contributed by atoms with E-state index in [-0.39, 0.29) is 6.61 Å². The van der Waals surface area contributed by atoms with Gasteiger partial charge in [0.2, 0.25) is 0 Å². The molecule has 0 saturated heterocycles. The number of aromatic nitrogens is 1. The van der Waals surface area contributed by atoms with Gasteiger partial charge in [0.1, 0.15) is 11.6 Å². The van der Waals surface area contributed by atoms with E-state index in [2.05, 4.69) is 16.5 Å². The Morgan fingerprint density at radius 3 is 2.95 bits per heavy atom. The minimum absolute atomic E-state index is 0.175. The van der Waals surface area contributed by atoms with Crippen LogP contribution in [-0.2, 0) is 5.75 Å². The zero-order valence-electron chi connectivity index (χ0n) is 10.7. The van der Waals surface area contributed by atoms with Crippen LogP contribution in [0.4, 0.5) is 5.82 Å². The Balaban J connectivity index is 2.35. The van der Waals surface area contributed by atoms with Gasteiger partial charge in [0.15, 0.2) is 0 Å². The Morgan fingerprint density at radius 1 is 1.42 bits per heavy atom. The van der Waals surface area contributed by atoms with Crippen LogP contribution in [0, 0.1) is 0 Å². The van der Waals surface area contributed by atoms with Crippen molar-refractivity contribution in [3.05, 3.63) is 29.8 Å². The molecular formula is C13H17N3O2S. The first kappa shape index (κ1) is 13.9. The van der Waals surface area contributed by atoms with Gasteiger partial charge in [0.25, 0.3) is 0 Å². The molecule has 4 N–H and O–H groups in total. The molecular weight excluding hydrogens is 262 g/mol. The number of nitrogens with one attached hydrogen (secondary N) is 1. The maximum atomic E-state index is 8.81. The molecule has 2 rings (SSSR count). The van der Waals surface area contributed by atoms with E-state index in [9.17, 15) is 0 Å². The molecule has 0 aliphatic rings. The summed E-state index contributed by atoms with van der Waals surface area (Å²) >= 11 is 1.64. The lowest BCUT2D eigenvalue weighted by Crippen LogP contribution is -2.11. The third-order valence-corrected chi connectivity index (χ3v) is 3.72. The summed E-state index contributed by atoms with van der Waals surface area (Å²) in [5.41, 5.74) is 4.49. The summed E-state index contributed by atoms with van der Waals surface area (Å²) in [5, 5.41) is 9.85. The van der Waals surface area contributed by atoms with Gasteiger partial charge in [-0.15, -0.1) is 0 Å². The number of nitrogens with two attached hydrogens (primary N) is 1. The largest absolute Gasteiger partial charge is 0.497 e. The maximum Gasteiger partial charge on any atom is 0.144 e. The Kier molecular flexibility index (Phi) is 4.84. The van der Waals surface area contributed by atoms with Gasteiger partial charge >= 0.3 is 0 Å². The number of benzene rings is 1. The van der Waals surface area contributed by atoms with Crippen LogP contribution in [-0.4, -0.2) is 29.6 Å². The fourth-order valence-electron chi connectivity index (χ4n) is 1.80. The van der Waals surface area contributed by atoms with E-state index in [1.165, 1.54) is 0 Å². The zero-order valence-corrected chi connectivity index (χ0v) is 11.5. The van der Waals surface area contributed by atoms with Crippen LogP contribution in [0.3, 0.4) is 0 Å². The van der Waals surface area contributed by atoms with Gasteiger partial charge in [-0.05, 0) is 18.2 Å². The standard InChI is InChI=1S/C13H17N3O2S/c1-18-11-3-2-9-6-10(8-19-5-4-17)13(16-14)15-12(9)7-11/h2-3,6-7,17H,4-5,8,14H2,1H3,(H,15,16). The quantitative estimate of drug-likeness (QED) is 0.425. The molecule has 5 nitrogen and oxygen atoms in total. The number of aliphatic hydroxyl groups excluding tert-OH is 1. The number of methoxy groups -OCH3 is 1. The molecule has 0 spiro atoms. The van der Waals surface area contributed by atoms with E-state index >= 15 is 0 Å². The van der Waals surface area contributed by atoms with E-state index in [1.807, 2.05) is 18.2 Å². The normalized spacial score (nSPS) is 10.7. The van der Waals surface area contributed by atoms with Crippen LogP contribution in [0.25, 0.3) is 10.9 Å². The van der Waals surface area contributed by atoms with Crippen molar-refractivity contribution in [1.82, 2.24) is 4.98 Å². The number of nitrogen functional groups attached to an aromatic ring is 1. The molecule has 0 radical (unpaired) electrons. The lowest BCUT2D eigenvalue weighted by Gasteiger charge is -2.10. The molecule has 0 unspecified atom stereocenters. The van der Waals surface area contributed by atoms with Crippen LogP contribution < -0.4 is 16.0 Å². The van der Waals surface area contributed by atoms with Gasteiger partial charge < -0.3 is 15.3 Å². The fraction of sp³-hybridized carbons (Fsp3) is 0.308. The second kappa shape index (κ2) is 6.60. The summed E-state index contributed by atoms with van der Waals surface area (Å²) in [5.74, 6) is 8.40. The molecule has 0 amide bonds. The average Bonchev–Trinajstić information content (AvgIpc) is 2.46. The highest BCUT2D eigenvalue weighted by molar-refractivity contribution is 7.98. The second-order valence-electron chi connectivity index (χ2n) is 3.98. The summed E-state index contributed by atoms with van der Waals surface area (Å²) in [6, 6.07) is 7.81. The number of fused-ring (bicyclic) bond motifs is 1. The number of thioether (sulfide) groups is 1. The molecule has 2 aromatic rings. The van der Waals surface area contributed by atoms with E-state index in [0.717, 1.165) is 28.0 Å². The van der Waals surface area contributed by atoms with Crippen molar-refractivity contribution in [3.63, 3.8) is 0 Å². The van der Waals surface area contributed by atoms with Crippen molar-refractivity contribution in [1.29, 1.82) is 0 Å². The summed E-state index contributed by atoms with van der Waals surface area (Å²) in [6.45, 7) is 0.175. The van der Waals surface area contributed by atoms with E-state index in [0.29, 0.717) is 11.6 Å².